The van der Waals surface area contributed by atoms with Crippen LogP contribution in [-0.2, 0) is 0 Å². The highest BCUT2D eigenvalue weighted by Gasteiger charge is 2.14. The van der Waals surface area contributed by atoms with E-state index < -0.39 is 17.5 Å². The molecule has 0 aliphatic carbocycles. The van der Waals surface area contributed by atoms with Crippen LogP contribution in [0.15, 0.2) is 24.3 Å². The second-order valence-electron chi connectivity index (χ2n) is 3.39. The molecule has 1 aromatic rings. The molecule has 16 heavy (non-hydrogen) atoms. The Morgan fingerprint density at radius 2 is 2.00 bits per heavy atom. The van der Waals surface area contributed by atoms with Crippen LogP contribution in [0, 0.1) is 11.6 Å². The van der Waals surface area contributed by atoms with Gasteiger partial charge in [-0.05, 0) is 19.1 Å². The molecule has 0 atom stereocenters. The summed E-state index contributed by atoms with van der Waals surface area (Å²) >= 11 is 5.62. The molecule has 0 heterocycles. The van der Waals surface area contributed by atoms with Crippen molar-refractivity contribution in [2.45, 2.75) is 6.92 Å². The summed E-state index contributed by atoms with van der Waals surface area (Å²) in [5, 5.41) is 2.35. The number of hydrogen-bond acceptors (Lipinski definition) is 1. The van der Waals surface area contributed by atoms with Crippen molar-refractivity contribution in [3.63, 3.8) is 0 Å². The summed E-state index contributed by atoms with van der Waals surface area (Å²) in [6.45, 7) is 5.58. The van der Waals surface area contributed by atoms with E-state index in [2.05, 4.69) is 11.9 Å². The molecule has 0 saturated heterocycles. The maximum absolute atomic E-state index is 12.9. The normalized spacial score (nSPS) is 10.0. The van der Waals surface area contributed by atoms with Crippen LogP contribution >= 0.6 is 11.6 Å². The zero-order valence-corrected chi connectivity index (χ0v) is 9.37. The molecule has 0 radical (unpaired) electrons. The fourth-order valence-corrected chi connectivity index (χ4v) is 1.26. The molecular formula is C11H10ClF2NO. The number of amides is 1. The summed E-state index contributed by atoms with van der Waals surface area (Å²) in [5.74, 6) is -2.75. The van der Waals surface area contributed by atoms with Crippen molar-refractivity contribution in [1.82, 2.24) is 5.32 Å². The first-order valence-corrected chi connectivity index (χ1v) is 4.86. The predicted molar refractivity (Wildman–Crippen MR) is 58.5 cm³/mol. The summed E-state index contributed by atoms with van der Waals surface area (Å²) in [7, 11) is 0. The van der Waals surface area contributed by atoms with Crippen LogP contribution in [0.1, 0.15) is 17.3 Å². The van der Waals surface area contributed by atoms with Crippen LogP contribution in [0.4, 0.5) is 8.78 Å². The quantitative estimate of drug-likeness (QED) is 0.644. The maximum atomic E-state index is 12.9. The highest BCUT2D eigenvalue weighted by atomic mass is 35.5. The van der Waals surface area contributed by atoms with E-state index in [1.54, 1.807) is 6.92 Å². The second kappa shape index (κ2) is 5.07. The first-order valence-electron chi connectivity index (χ1n) is 4.49. The van der Waals surface area contributed by atoms with Gasteiger partial charge in [-0.15, -0.1) is 0 Å². The summed E-state index contributed by atoms with van der Waals surface area (Å²) in [5.41, 5.74) is 0.647. The molecular weight excluding hydrogens is 236 g/mol. The van der Waals surface area contributed by atoms with E-state index >= 15 is 0 Å². The van der Waals surface area contributed by atoms with Gasteiger partial charge >= 0.3 is 0 Å². The number of carbonyl (C=O) groups excluding carboxylic acids is 1. The molecule has 2 nitrogen and oxygen atoms in total. The summed E-state index contributed by atoms with van der Waals surface area (Å²) in [6.07, 6.45) is 0. The van der Waals surface area contributed by atoms with Crippen molar-refractivity contribution < 1.29 is 13.6 Å². The van der Waals surface area contributed by atoms with Crippen molar-refractivity contribution in [3.8, 4) is 0 Å². The molecule has 0 aliphatic heterocycles. The van der Waals surface area contributed by atoms with Gasteiger partial charge in [-0.2, -0.15) is 0 Å². The Morgan fingerprint density at radius 1 is 1.44 bits per heavy atom. The number of halogens is 3. The Kier molecular flexibility index (Phi) is 4.01. The summed E-state index contributed by atoms with van der Waals surface area (Å²) in [4.78, 5) is 11.5. The largest absolute Gasteiger partial charge is 0.348 e. The molecule has 1 amide bonds. The lowest BCUT2D eigenvalue weighted by Crippen LogP contribution is -2.25. The minimum atomic E-state index is -1.11. The zero-order valence-electron chi connectivity index (χ0n) is 8.61. The van der Waals surface area contributed by atoms with Crippen molar-refractivity contribution in [1.29, 1.82) is 0 Å². The second-order valence-corrected chi connectivity index (χ2v) is 3.79. The van der Waals surface area contributed by atoms with E-state index in [9.17, 15) is 13.6 Å². The third-order valence-corrected chi connectivity index (χ3v) is 2.12. The van der Waals surface area contributed by atoms with E-state index in [-0.39, 0.29) is 17.1 Å². The lowest BCUT2D eigenvalue weighted by molar-refractivity contribution is 0.0956. The monoisotopic (exact) mass is 245 g/mol. The maximum Gasteiger partial charge on any atom is 0.253 e. The Hall–Kier alpha value is -1.42. The Bertz CT molecular complexity index is 446. The van der Waals surface area contributed by atoms with Gasteiger partial charge < -0.3 is 5.32 Å². The van der Waals surface area contributed by atoms with Crippen LogP contribution in [0.5, 0.6) is 0 Å². The van der Waals surface area contributed by atoms with E-state index in [0.717, 1.165) is 17.7 Å². The van der Waals surface area contributed by atoms with Gasteiger partial charge in [-0.1, -0.05) is 23.8 Å². The summed E-state index contributed by atoms with van der Waals surface area (Å²) < 4.78 is 25.6. The predicted octanol–water partition coefficient (Wildman–Crippen LogP) is 2.92. The van der Waals surface area contributed by atoms with Gasteiger partial charge in [0.15, 0.2) is 11.6 Å². The standard InChI is InChI=1S/C11H10ClF2NO/c1-6(2)5-15-11(16)7-3-9(13)10(14)4-8(7)12/h3-4H,1,5H2,2H3,(H,15,16). The molecule has 0 unspecified atom stereocenters. The molecule has 0 saturated carbocycles. The highest BCUT2D eigenvalue weighted by molar-refractivity contribution is 6.33. The average molecular weight is 246 g/mol. The third-order valence-electron chi connectivity index (χ3n) is 1.81. The number of nitrogens with one attached hydrogen (secondary N) is 1. The van der Waals surface area contributed by atoms with Gasteiger partial charge in [0.2, 0.25) is 0 Å². The van der Waals surface area contributed by atoms with E-state index in [0.29, 0.717) is 0 Å². The van der Waals surface area contributed by atoms with Crippen molar-refractivity contribution in [2.75, 3.05) is 6.54 Å². The third kappa shape index (κ3) is 3.03. The molecule has 0 fully saturated rings. The van der Waals surface area contributed by atoms with Gasteiger partial charge in [0.25, 0.3) is 5.91 Å². The topological polar surface area (TPSA) is 29.1 Å². The summed E-state index contributed by atoms with van der Waals surface area (Å²) in [6, 6.07) is 1.54. The van der Waals surface area contributed by atoms with E-state index in [1.165, 1.54) is 0 Å². The van der Waals surface area contributed by atoms with Crippen molar-refractivity contribution in [2.24, 2.45) is 0 Å². The highest BCUT2D eigenvalue weighted by Crippen LogP contribution is 2.19. The first kappa shape index (κ1) is 12.6. The molecule has 0 aliphatic rings. The first-order chi connectivity index (χ1) is 7.41. The van der Waals surface area contributed by atoms with E-state index in [4.69, 9.17) is 11.6 Å². The van der Waals surface area contributed by atoms with Crippen LogP contribution in [0.25, 0.3) is 0 Å². The molecule has 86 valence electrons. The lowest BCUT2D eigenvalue weighted by Gasteiger charge is -2.06. The van der Waals surface area contributed by atoms with Gasteiger partial charge in [0.05, 0.1) is 10.6 Å². The minimum Gasteiger partial charge on any atom is -0.348 e. The fraction of sp³-hybridized carbons (Fsp3) is 0.182. The van der Waals surface area contributed by atoms with Crippen LogP contribution in [-0.4, -0.2) is 12.5 Å². The number of rotatable bonds is 3. The van der Waals surface area contributed by atoms with Gasteiger partial charge in [0.1, 0.15) is 0 Å². The van der Waals surface area contributed by atoms with Gasteiger partial charge in [-0.3, -0.25) is 4.79 Å². The average Bonchev–Trinajstić information content (AvgIpc) is 2.20. The number of carbonyl (C=O) groups is 1. The van der Waals surface area contributed by atoms with Crippen LogP contribution in [0.3, 0.4) is 0 Å². The van der Waals surface area contributed by atoms with Gasteiger partial charge in [-0.25, -0.2) is 8.78 Å². The Labute approximate surface area is 96.9 Å². The van der Waals surface area contributed by atoms with Crippen molar-refractivity contribution in [3.05, 3.63) is 46.5 Å². The molecule has 0 aromatic heterocycles. The van der Waals surface area contributed by atoms with Gasteiger partial charge in [0, 0.05) is 6.54 Å². The molecule has 1 rings (SSSR count). The molecule has 0 spiro atoms. The van der Waals surface area contributed by atoms with Crippen molar-refractivity contribution >= 4 is 17.5 Å². The number of benzene rings is 1. The van der Waals surface area contributed by atoms with Crippen LogP contribution in [0.2, 0.25) is 5.02 Å². The minimum absolute atomic E-state index is 0.0955. The molecule has 1 N–H and O–H groups in total. The Balaban J connectivity index is 2.91. The van der Waals surface area contributed by atoms with Crippen LogP contribution < -0.4 is 5.32 Å². The SMILES string of the molecule is C=C(C)CNC(=O)c1cc(F)c(F)cc1Cl. The fourth-order valence-electron chi connectivity index (χ4n) is 1.02. The molecule has 5 heteroatoms. The Morgan fingerprint density at radius 3 is 2.56 bits per heavy atom. The smallest absolute Gasteiger partial charge is 0.253 e. The lowest BCUT2D eigenvalue weighted by atomic mass is 10.2. The number of hydrogen-bond donors (Lipinski definition) is 1. The molecule has 1 aromatic carbocycles. The molecule has 0 bridgehead atoms. The van der Waals surface area contributed by atoms with E-state index in [1.807, 2.05) is 0 Å². The zero-order chi connectivity index (χ0) is 12.3.